The molecule has 1 aliphatic heterocycles. The molecule has 1 aromatic carbocycles. The van der Waals surface area contributed by atoms with Crippen molar-refractivity contribution in [3.63, 3.8) is 0 Å². The Morgan fingerprint density at radius 2 is 1.87 bits per heavy atom. The van der Waals surface area contributed by atoms with E-state index < -0.39 is 0 Å². The highest BCUT2D eigenvalue weighted by molar-refractivity contribution is 5.91. The molecule has 0 aliphatic carbocycles. The lowest BCUT2D eigenvalue weighted by Crippen LogP contribution is -2.39. The van der Waals surface area contributed by atoms with Crippen LogP contribution in [0, 0.1) is 0 Å². The molecule has 1 aliphatic rings. The summed E-state index contributed by atoms with van der Waals surface area (Å²) in [4.78, 5) is 13.9. The van der Waals surface area contributed by atoms with Gasteiger partial charge >= 0.3 is 0 Å². The van der Waals surface area contributed by atoms with Crippen LogP contribution in [0.5, 0.6) is 11.5 Å². The zero-order chi connectivity index (χ0) is 16.7. The number of hydrogen-bond donors (Lipinski definition) is 1. The van der Waals surface area contributed by atoms with E-state index in [1.165, 1.54) is 0 Å². The molecule has 23 heavy (non-hydrogen) atoms. The molecule has 1 aromatic rings. The van der Waals surface area contributed by atoms with Gasteiger partial charge in [0.05, 0.1) is 19.3 Å². The Kier molecular flexibility index (Phi) is 6.47. The summed E-state index contributed by atoms with van der Waals surface area (Å²) in [6.07, 6.45) is 4.38. The van der Waals surface area contributed by atoms with Gasteiger partial charge in [-0.05, 0) is 50.5 Å². The monoisotopic (exact) mass is 319 g/mol. The second kappa shape index (κ2) is 8.58. The predicted molar refractivity (Wildman–Crippen MR) is 89.6 cm³/mol. The standard InChI is InChI=1S/C18H25NO4/c1-3-22-16-7-5-14(13-17(16)23-4-2)6-8-18(21)19-11-9-15(20)10-12-19/h5-8,13,15,20H,3-4,9-12H2,1-2H3/b8-6+. The summed E-state index contributed by atoms with van der Waals surface area (Å²) in [5.41, 5.74) is 0.891. The van der Waals surface area contributed by atoms with Crippen LogP contribution < -0.4 is 9.47 Å². The molecule has 2 rings (SSSR count). The minimum atomic E-state index is -0.275. The molecular weight excluding hydrogens is 294 g/mol. The summed E-state index contributed by atoms with van der Waals surface area (Å²) in [5.74, 6) is 1.37. The molecule has 126 valence electrons. The Hall–Kier alpha value is -2.01. The van der Waals surface area contributed by atoms with Gasteiger partial charge in [0, 0.05) is 19.2 Å². The first-order valence-corrected chi connectivity index (χ1v) is 8.18. The number of carbonyl (C=O) groups is 1. The van der Waals surface area contributed by atoms with Gasteiger partial charge in [-0.15, -0.1) is 0 Å². The van der Waals surface area contributed by atoms with Crippen molar-refractivity contribution in [1.82, 2.24) is 4.90 Å². The van der Waals surface area contributed by atoms with Gasteiger partial charge in [0.25, 0.3) is 0 Å². The topological polar surface area (TPSA) is 59.0 Å². The molecule has 1 heterocycles. The Balaban J connectivity index is 2.03. The Morgan fingerprint density at radius 1 is 1.22 bits per heavy atom. The molecule has 0 unspecified atom stereocenters. The van der Waals surface area contributed by atoms with Crippen molar-refractivity contribution >= 4 is 12.0 Å². The average molecular weight is 319 g/mol. The normalized spacial score (nSPS) is 15.9. The lowest BCUT2D eigenvalue weighted by Gasteiger charge is -2.28. The third kappa shape index (κ3) is 4.99. The third-order valence-corrected chi connectivity index (χ3v) is 3.76. The van der Waals surface area contributed by atoms with Gasteiger partial charge in [-0.25, -0.2) is 0 Å². The van der Waals surface area contributed by atoms with Crippen molar-refractivity contribution in [2.24, 2.45) is 0 Å². The number of benzene rings is 1. The van der Waals surface area contributed by atoms with E-state index in [0.29, 0.717) is 50.6 Å². The summed E-state index contributed by atoms with van der Waals surface area (Å²) in [6, 6.07) is 5.63. The second-order valence-electron chi connectivity index (χ2n) is 5.46. The maximum absolute atomic E-state index is 12.2. The molecular formula is C18H25NO4. The Bertz CT molecular complexity index is 548. The maximum Gasteiger partial charge on any atom is 0.246 e. The van der Waals surface area contributed by atoms with Crippen LogP contribution in [0.15, 0.2) is 24.3 Å². The number of aliphatic hydroxyl groups is 1. The average Bonchev–Trinajstić information content (AvgIpc) is 2.56. The van der Waals surface area contributed by atoms with Crippen molar-refractivity contribution in [3.05, 3.63) is 29.8 Å². The number of hydrogen-bond acceptors (Lipinski definition) is 4. The van der Waals surface area contributed by atoms with Crippen molar-refractivity contribution in [1.29, 1.82) is 0 Å². The van der Waals surface area contributed by atoms with Crippen LogP contribution >= 0.6 is 0 Å². The fraction of sp³-hybridized carbons (Fsp3) is 0.500. The van der Waals surface area contributed by atoms with Gasteiger partial charge in [-0.1, -0.05) is 6.07 Å². The molecule has 1 fully saturated rings. The van der Waals surface area contributed by atoms with Gasteiger partial charge in [0.2, 0.25) is 5.91 Å². The molecule has 1 N–H and O–H groups in total. The largest absolute Gasteiger partial charge is 0.490 e. The molecule has 0 bridgehead atoms. The minimum absolute atomic E-state index is 0.0243. The fourth-order valence-corrected chi connectivity index (χ4v) is 2.53. The number of amides is 1. The lowest BCUT2D eigenvalue weighted by molar-refractivity contribution is -0.127. The smallest absolute Gasteiger partial charge is 0.246 e. The molecule has 0 spiro atoms. The highest BCUT2D eigenvalue weighted by Gasteiger charge is 2.19. The first-order valence-electron chi connectivity index (χ1n) is 8.18. The van der Waals surface area contributed by atoms with E-state index in [1.54, 1.807) is 17.1 Å². The van der Waals surface area contributed by atoms with E-state index in [1.807, 2.05) is 32.0 Å². The molecule has 5 nitrogen and oxygen atoms in total. The van der Waals surface area contributed by atoms with Crippen LogP contribution in [0.3, 0.4) is 0 Å². The molecule has 0 atom stereocenters. The summed E-state index contributed by atoms with van der Waals surface area (Å²) in [6.45, 7) is 6.21. The fourth-order valence-electron chi connectivity index (χ4n) is 2.53. The molecule has 1 saturated heterocycles. The molecule has 1 amide bonds. The SMILES string of the molecule is CCOc1ccc(/C=C/C(=O)N2CCC(O)CC2)cc1OCC. The third-order valence-electron chi connectivity index (χ3n) is 3.76. The number of piperidine rings is 1. The van der Waals surface area contributed by atoms with Crippen molar-refractivity contribution in [2.75, 3.05) is 26.3 Å². The predicted octanol–water partition coefficient (Wildman–Crippen LogP) is 2.48. The van der Waals surface area contributed by atoms with Crippen LogP contribution in [0.2, 0.25) is 0 Å². The summed E-state index contributed by atoms with van der Waals surface area (Å²) in [7, 11) is 0. The van der Waals surface area contributed by atoms with Gasteiger partial charge < -0.3 is 19.5 Å². The maximum atomic E-state index is 12.2. The molecule has 0 saturated carbocycles. The van der Waals surface area contributed by atoms with Crippen LogP contribution in [0.4, 0.5) is 0 Å². The molecule has 0 aromatic heterocycles. The van der Waals surface area contributed by atoms with Crippen molar-refractivity contribution in [3.8, 4) is 11.5 Å². The van der Waals surface area contributed by atoms with Gasteiger partial charge in [0.1, 0.15) is 0 Å². The van der Waals surface area contributed by atoms with Gasteiger partial charge in [0.15, 0.2) is 11.5 Å². The highest BCUT2D eigenvalue weighted by Crippen LogP contribution is 2.29. The summed E-state index contributed by atoms with van der Waals surface area (Å²) >= 11 is 0. The first-order chi connectivity index (χ1) is 11.1. The zero-order valence-electron chi connectivity index (χ0n) is 13.8. The Morgan fingerprint density at radius 3 is 2.52 bits per heavy atom. The van der Waals surface area contributed by atoms with E-state index in [0.717, 1.165) is 5.56 Å². The van der Waals surface area contributed by atoms with E-state index in [2.05, 4.69) is 0 Å². The zero-order valence-corrected chi connectivity index (χ0v) is 13.8. The number of carbonyl (C=O) groups excluding carboxylic acids is 1. The van der Waals surface area contributed by atoms with Crippen molar-refractivity contribution in [2.45, 2.75) is 32.8 Å². The number of ether oxygens (including phenoxy) is 2. The highest BCUT2D eigenvalue weighted by atomic mass is 16.5. The van der Waals surface area contributed by atoms with E-state index in [4.69, 9.17) is 9.47 Å². The number of aliphatic hydroxyl groups excluding tert-OH is 1. The number of nitrogens with zero attached hydrogens (tertiary/aromatic N) is 1. The first kappa shape index (κ1) is 17.3. The van der Waals surface area contributed by atoms with E-state index >= 15 is 0 Å². The van der Waals surface area contributed by atoms with Gasteiger partial charge in [-0.3, -0.25) is 4.79 Å². The van der Waals surface area contributed by atoms with E-state index in [9.17, 15) is 9.90 Å². The van der Waals surface area contributed by atoms with Crippen LogP contribution in [0.1, 0.15) is 32.3 Å². The van der Waals surface area contributed by atoms with Crippen molar-refractivity contribution < 1.29 is 19.4 Å². The van der Waals surface area contributed by atoms with E-state index in [-0.39, 0.29) is 12.0 Å². The summed E-state index contributed by atoms with van der Waals surface area (Å²) < 4.78 is 11.1. The second-order valence-corrected chi connectivity index (χ2v) is 5.46. The lowest BCUT2D eigenvalue weighted by atomic mass is 10.1. The number of likely N-dealkylation sites (tertiary alicyclic amines) is 1. The quantitative estimate of drug-likeness (QED) is 0.819. The van der Waals surface area contributed by atoms with Crippen LogP contribution in [-0.4, -0.2) is 48.3 Å². The minimum Gasteiger partial charge on any atom is -0.490 e. The Labute approximate surface area is 137 Å². The molecule has 5 heteroatoms. The molecule has 0 radical (unpaired) electrons. The number of rotatable bonds is 6. The summed E-state index contributed by atoms with van der Waals surface area (Å²) in [5, 5.41) is 9.49. The van der Waals surface area contributed by atoms with Crippen LogP contribution in [0.25, 0.3) is 6.08 Å². The van der Waals surface area contributed by atoms with Crippen LogP contribution in [-0.2, 0) is 4.79 Å². The van der Waals surface area contributed by atoms with Gasteiger partial charge in [-0.2, -0.15) is 0 Å².